The second-order valence-electron chi connectivity index (χ2n) is 4.97. The van der Waals surface area contributed by atoms with Crippen molar-refractivity contribution in [3.8, 4) is 0 Å². The molecule has 0 aliphatic heterocycles. The lowest BCUT2D eigenvalue weighted by molar-refractivity contribution is 0.0669. The fourth-order valence-corrected chi connectivity index (χ4v) is 4.18. The first kappa shape index (κ1) is 14.4. The van der Waals surface area contributed by atoms with Gasteiger partial charge in [0.05, 0.1) is 11.8 Å². The van der Waals surface area contributed by atoms with E-state index in [-0.39, 0.29) is 0 Å². The first-order chi connectivity index (χ1) is 8.60. The van der Waals surface area contributed by atoms with E-state index in [1.807, 2.05) is 7.11 Å². The molecule has 1 aliphatic carbocycles. The molecule has 1 N–H and O–H groups in total. The van der Waals surface area contributed by atoms with Crippen LogP contribution in [0.3, 0.4) is 0 Å². The maximum absolute atomic E-state index is 5.48. The summed E-state index contributed by atoms with van der Waals surface area (Å²) in [4.78, 5) is 0. The van der Waals surface area contributed by atoms with E-state index < -0.39 is 0 Å². The van der Waals surface area contributed by atoms with Crippen molar-refractivity contribution in [1.29, 1.82) is 0 Å². The van der Waals surface area contributed by atoms with Gasteiger partial charge in [-0.15, -0.1) is 0 Å². The fourth-order valence-electron chi connectivity index (χ4n) is 2.53. The number of aryl methyl sites for hydroxylation is 1. The van der Waals surface area contributed by atoms with E-state index in [1.54, 1.807) is 0 Å². The number of hydrogen-bond donors (Lipinski definition) is 1. The Bertz CT molecular complexity index is 399. The smallest absolute Gasteiger partial charge is 0.0631 e. The predicted molar refractivity (Wildman–Crippen MR) is 83.3 cm³/mol. The molecule has 18 heavy (non-hydrogen) atoms. The van der Waals surface area contributed by atoms with Crippen LogP contribution in [0.25, 0.3) is 0 Å². The molecule has 1 aromatic rings. The van der Waals surface area contributed by atoms with Crippen molar-refractivity contribution in [1.82, 2.24) is 0 Å². The van der Waals surface area contributed by atoms with E-state index in [2.05, 4.69) is 56.2 Å². The average molecular weight is 377 g/mol. The van der Waals surface area contributed by atoms with Crippen LogP contribution < -0.4 is 5.32 Å². The molecule has 1 aromatic carbocycles. The molecule has 100 valence electrons. The highest BCUT2D eigenvalue weighted by Crippen LogP contribution is 2.34. The van der Waals surface area contributed by atoms with Crippen LogP contribution in [0.1, 0.15) is 31.2 Å². The van der Waals surface area contributed by atoms with Crippen molar-refractivity contribution < 1.29 is 4.74 Å². The number of nitrogens with one attached hydrogen (secondary N) is 1. The van der Waals surface area contributed by atoms with Gasteiger partial charge in [0.2, 0.25) is 0 Å². The lowest BCUT2D eigenvalue weighted by Gasteiger charge is -2.30. The number of ether oxygens (including phenoxy) is 1. The van der Waals surface area contributed by atoms with Gasteiger partial charge in [0.1, 0.15) is 0 Å². The summed E-state index contributed by atoms with van der Waals surface area (Å²) in [6, 6.07) is 4.78. The third-order valence-corrected chi connectivity index (χ3v) is 4.75. The Labute approximate surface area is 126 Å². The molecule has 2 rings (SSSR count). The molecule has 1 fully saturated rings. The van der Waals surface area contributed by atoms with Gasteiger partial charge in [-0.25, -0.2) is 0 Å². The second kappa shape index (κ2) is 6.40. The second-order valence-corrected chi connectivity index (χ2v) is 6.68. The van der Waals surface area contributed by atoms with Crippen LogP contribution in [0.2, 0.25) is 0 Å². The number of rotatable bonds is 3. The van der Waals surface area contributed by atoms with Crippen molar-refractivity contribution in [3.05, 3.63) is 26.6 Å². The van der Waals surface area contributed by atoms with Gasteiger partial charge in [-0.3, -0.25) is 0 Å². The monoisotopic (exact) mass is 375 g/mol. The molecule has 2 atom stereocenters. The summed E-state index contributed by atoms with van der Waals surface area (Å²) in [6.45, 7) is 2.10. The van der Waals surface area contributed by atoms with Crippen LogP contribution in [-0.2, 0) is 4.74 Å². The summed E-state index contributed by atoms with van der Waals surface area (Å²) in [5, 5.41) is 3.64. The van der Waals surface area contributed by atoms with Crippen LogP contribution >= 0.6 is 31.9 Å². The van der Waals surface area contributed by atoms with E-state index in [0.717, 1.165) is 21.1 Å². The van der Waals surface area contributed by atoms with E-state index in [4.69, 9.17) is 4.74 Å². The van der Waals surface area contributed by atoms with Crippen LogP contribution in [0.15, 0.2) is 21.1 Å². The molecule has 0 bridgehead atoms. The Morgan fingerprint density at radius 3 is 2.50 bits per heavy atom. The summed E-state index contributed by atoms with van der Waals surface area (Å²) in [6.07, 6.45) is 5.12. The largest absolute Gasteiger partial charge is 0.381 e. The lowest BCUT2D eigenvalue weighted by atomic mass is 9.92. The van der Waals surface area contributed by atoms with Crippen molar-refractivity contribution in [2.45, 2.75) is 44.8 Å². The third kappa shape index (κ3) is 3.49. The van der Waals surface area contributed by atoms with Crippen LogP contribution in [0.4, 0.5) is 5.69 Å². The Hall–Kier alpha value is -0.0600. The molecule has 2 nitrogen and oxygen atoms in total. The Balaban J connectivity index is 2.09. The average Bonchev–Trinajstić information content (AvgIpc) is 2.34. The maximum atomic E-state index is 5.48. The Morgan fingerprint density at radius 2 is 1.89 bits per heavy atom. The van der Waals surface area contributed by atoms with Gasteiger partial charge in [-0.1, -0.05) is 0 Å². The van der Waals surface area contributed by atoms with Crippen LogP contribution in [0.5, 0.6) is 0 Å². The molecule has 0 saturated heterocycles. The van der Waals surface area contributed by atoms with Gasteiger partial charge in [0.15, 0.2) is 0 Å². The summed E-state index contributed by atoms with van der Waals surface area (Å²) >= 11 is 7.27. The summed E-state index contributed by atoms with van der Waals surface area (Å²) < 4.78 is 7.71. The summed E-state index contributed by atoms with van der Waals surface area (Å²) in [5.74, 6) is 0. The zero-order chi connectivity index (χ0) is 13.1. The van der Waals surface area contributed by atoms with E-state index in [1.165, 1.54) is 24.8 Å². The molecule has 1 aliphatic rings. The van der Waals surface area contributed by atoms with Crippen molar-refractivity contribution in [3.63, 3.8) is 0 Å². The van der Waals surface area contributed by atoms with E-state index in [0.29, 0.717) is 12.1 Å². The number of anilines is 1. The van der Waals surface area contributed by atoms with Gasteiger partial charge in [-0.2, -0.15) is 0 Å². The highest BCUT2D eigenvalue weighted by atomic mass is 79.9. The zero-order valence-corrected chi connectivity index (χ0v) is 14.0. The van der Waals surface area contributed by atoms with Crippen LogP contribution in [0, 0.1) is 6.92 Å². The normalized spacial score (nSPS) is 24.0. The molecule has 0 heterocycles. The highest BCUT2D eigenvalue weighted by Gasteiger charge is 2.22. The minimum absolute atomic E-state index is 0.402. The molecule has 1 saturated carbocycles. The van der Waals surface area contributed by atoms with Crippen molar-refractivity contribution in [2.24, 2.45) is 0 Å². The van der Waals surface area contributed by atoms with Gasteiger partial charge >= 0.3 is 0 Å². The molecule has 0 amide bonds. The number of benzene rings is 1. The minimum Gasteiger partial charge on any atom is -0.381 e. The van der Waals surface area contributed by atoms with E-state index in [9.17, 15) is 0 Å². The first-order valence-corrected chi connectivity index (χ1v) is 7.93. The van der Waals surface area contributed by atoms with Crippen molar-refractivity contribution >= 4 is 37.5 Å². The quantitative estimate of drug-likeness (QED) is 0.810. The molecule has 0 spiro atoms. The van der Waals surface area contributed by atoms with Gasteiger partial charge < -0.3 is 10.1 Å². The number of methoxy groups -OCH3 is 1. The number of halogens is 2. The van der Waals surface area contributed by atoms with Gasteiger partial charge in [0.25, 0.3) is 0 Å². The summed E-state index contributed by atoms with van der Waals surface area (Å²) in [7, 11) is 1.81. The van der Waals surface area contributed by atoms with E-state index >= 15 is 0 Å². The van der Waals surface area contributed by atoms with Gasteiger partial charge in [0, 0.05) is 22.1 Å². The predicted octanol–water partition coefficient (Wildman–Crippen LogP) is 4.89. The topological polar surface area (TPSA) is 21.3 Å². The maximum Gasteiger partial charge on any atom is 0.0631 e. The summed E-state index contributed by atoms with van der Waals surface area (Å²) in [5.41, 5.74) is 2.40. The van der Waals surface area contributed by atoms with Gasteiger partial charge in [-0.05, 0) is 82.2 Å². The fraction of sp³-hybridized carbons (Fsp3) is 0.571. The molecule has 0 radical (unpaired) electrons. The van der Waals surface area contributed by atoms with Crippen molar-refractivity contribution in [2.75, 3.05) is 12.4 Å². The third-order valence-electron chi connectivity index (χ3n) is 3.49. The van der Waals surface area contributed by atoms with Crippen LogP contribution in [-0.4, -0.2) is 19.3 Å². The Kier molecular flexibility index (Phi) is 5.10. The molecular formula is C14H19Br2NO. The standard InChI is InChI=1S/C14H19Br2NO/c1-9-6-12(15)14(13(16)7-9)17-10-4-3-5-11(8-10)18-2/h6-7,10-11,17H,3-5,8H2,1-2H3. The lowest BCUT2D eigenvalue weighted by Crippen LogP contribution is -2.31. The molecule has 4 heteroatoms. The Morgan fingerprint density at radius 1 is 1.22 bits per heavy atom. The first-order valence-electron chi connectivity index (χ1n) is 6.35. The zero-order valence-electron chi connectivity index (χ0n) is 10.8. The molecule has 2 unspecified atom stereocenters. The molecular weight excluding hydrogens is 358 g/mol. The molecule has 0 aromatic heterocycles. The SMILES string of the molecule is COC1CCCC(Nc2c(Br)cc(C)cc2Br)C1. The highest BCUT2D eigenvalue weighted by molar-refractivity contribution is 9.11. The number of hydrogen-bond acceptors (Lipinski definition) is 2. The minimum atomic E-state index is 0.402.